The molecule has 0 N–H and O–H groups in total. The van der Waals surface area contributed by atoms with E-state index in [4.69, 9.17) is 11.6 Å². The van der Waals surface area contributed by atoms with Gasteiger partial charge in [0.05, 0.1) is 23.7 Å². The summed E-state index contributed by atoms with van der Waals surface area (Å²) in [5.74, 6) is 0.221. The first-order chi connectivity index (χ1) is 16.0. The summed E-state index contributed by atoms with van der Waals surface area (Å²) in [4.78, 5) is 35.0. The molecule has 1 aromatic carbocycles. The Hall–Kier alpha value is -2.70. The number of amides is 1. The maximum Gasteiger partial charge on any atom is 0.255 e. The van der Waals surface area contributed by atoms with Crippen LogP contribution in [0, 0.1) is 5.92 Å². The highest BCUT2D eigenvalue weighted by molar-refractivity contribution is 6.31. The Balaban J connectivity index is 1.64. The summed E-state index contributed by atoms with van der Waals surface area (Å²) in [6, 6.07) is 13.3. The fraction of sp³-hybridized carbons (Fsp3) is 0.423. The van der Waals surface area contributed by atoms with Crippen LogP contribution in [0.25, 0.3) is 10.9 Å². The van der Waals surface area contributed by atoms with Gasteiger partial charge in [0.25, 0.3) is 5.56 Å². The van der Waals surface area contributed by atoms with Crippen LogP contribution >= 0.6 is 11.6 Å². The third-order valence-corrected chi connectivity index (χ3v) is 6.74. The Labute approximate surface area is 199 Å². The Kier molecular flexibility index (Phi) is 7.46. The molecule has 1 aliphatic heterocycles. The van der Waals surface area contributed by atoms with E-state index >= 15 is 0 Å². The zero-order valence-corrected chi connectivity index (χ0v) is 20.1. The highest BCUT2D eigenvalue weighted by atomic mass is 35.5. The minimum atomic E-state index is -0.0346. The van der Waals surface area contributed by atoms with Gasteiger partial charge >= 0.3 is 0 Å². The van der Waals surface area contributed by atoms with Gasteiger partial charge in [-0.2, -0.15) is 0 Å². The molecule has 4 rings (SSSR count). The lowest BCUT2D eigenvalue weighted by molar-refractivity contribution is -0.137. The van der Waals surface area contributed by atoms with Gasteiger partial charge in [-0.05, 0) is 69.0 Å². The van der Waals surface area contributed by atoms with Crippen molar-refractivity contribution < 1.29 is 4.79 Å². The Morgan fingerprint density at radius 3 is 2.70 bits per heavy atom. The van der Waals surface area contributed by atoms with Crippen LogP contribution < -0.4 is 5.56 Å². The highest BCUT2D eigenvalue weighted by Crippen LogP contribution is 2.23. The maximum atomic E-state index is 13.6. The molecule has 1 atom stereocenters. The summed E-state index contributed by atoms with van der Waals surface area (Å²) in [6.07, 6.45) is 3.61. The normalized spacial score (nSPS) is 16.8. The number of piperidine rings is 1. The number of aromatic nitrogens is 2. The first kappa shape index (κ1) is 23.5. The zero-order chi connectivity index (χ0) is 23.4. The van der Waals surface area contributed by atoms with Crippen molar-refractivity contribution in [3.8, 4) is 0 Å². The second-order valence-corrected chi connectivity index (χ2v) is 9.11. The molecule has 1 fully saturated rings. The van der Waals surface area contributed by atoms with E-state index in [0.29, 0.717) is 24.7 Å². The van der Waals surface area contributed by atoms with Crippen molar-refractivity contribution in [2.24, 2.45) is 5.92 Å². The lowest BCUT2D eigenvalue weighted by atomic mass is 9.96. The van der Waals surface area contributed by atoms with E-state index < -0.39 is 0 Å². The fourth-order valence-corrected chi connectivity index (χ4v) is 4.93. The molecule has 7 heteroatoms. The molecular formula is C26H31ClN4O2. The van der Waals surface area contributed by atoms with Crippen LogP contribution in [-0.2, 0) is 17.9 Å². The van der Waals surface area contributed by atoms with Crippen LogP contribution in [0.15, 0.2) is 53.5 Å². The number of carbonyl (C=O) groups is 1. The fourth-order valence-electron chi connectivity index (χ4n) is 4.76. The monoisotopic (exact) mass is 466 g/mol. The van der Waals surface area contributed by atoms with E-state index in [1.54, 1.807) is 10.8 Å². The summed E-state index contributed by atoms with van der Waals surface area (Å²) in [5, 5.41) is 1.57. The Bertz CT molecular complexity index is 1170. The van der Waals surface area contributed by atoms with Crippen molar-refractivity contribution in [3.63, 3.8) is 0 Å². The standard InChI is InChI=1S/C26H31ClN4O2/c1-3-30(4-2)25(32)20-8-7-13-29(16-20)17-21-14-19-10-11-22(27)15-24(19)31(26(21)33)18-23-9-5-6-12-28-23/h5-6,9-12,14-15,20H,3-4,7-8,13,16-18H2,1-2H3. The van der Waals surface area contributed by atoms with Gasteiger partial charge in [-0.25, -0.2) is 0 Å². The van der Waals surface area contributed by atoms with Crippen molar-refractivity contribution in [1.82, 2.24) is 19.4 Å². The third kappa shape index (κ3) is 5.28. The average Bonchev–Trinajstić information content (AvgIpc) is 2.83. The SMILES string of the molecule is CCN(CC)C(=O)C1CCCN(Cc2cc3ccc(Cl)cc3n(Cc3ccccn3)c2=O)C1. The molecule has 0 bridgehead atoms. The second-order valence-electron chi connectivity index (χ2n) is 8.67. The maximum absolute atomic E-state index is 13.6. The molecule has 1 amide bonds. The quantitative estimate of drug-likeness (QED) is 0.524. The number of carbonyl (C=O) groups excluding carboxylic acids is 1. The van der Waals surface area contributed by atoms with Gasteiger partial charge in [0.2, 0.25) is 5.91 Å². The summed E-state index contributed by atoms with van der Waals surface area (Å²) in [5.41, 5.74) is 2.32. The van der Waals surface area contributed by atoms with Crippen LogP contribution in [0.5, 0.6) is 0 Å². The van der Waals surface area contributed by atoms with Crippen LogP contribution in [0.2, 0.25) is 5.02 Å². The van der Waals surface area contributed by atoms with Crippen molar-refractivity contribution in [2.75, 3.05) is 26.2 Å². The Morgan fingerprint density at radius 1 is 1.15 bits per heavy atom. The molecule has 1 aliphatic rings. The predicted molar refractivity (Wildman–Crippen MR) is 132 cm³/mol. The van der Waals surface area contributed by atoms with E-state index in [-0.39, 0.29) is 17.4 Å². The molecule has 0 radical (unpaired) electrons. The predicted octanol–water partition coefficient (Wildman–Crippen LogP) is 4.18. The van der Waals surface area contributed by atoms with Gasteiger partial charge in [0.15, 0.2) is 0 Å². The number of benzene rings is 1. The van der Waals surface area contributed by atoms with Gasteiger partial charge in [0.1, 0.15) is 0 Å². The van der Waals surface area contributed by atoms with Gasteiger partial charge < -0.3 is 9.47 Å². The van der Waals surface area contributed by atoms with Gasteiger partial charge in [-0.15, -0.1) is 0 Å². The number of pyridine rings is 2. The third-order valence-electron chi connectivity index (χ3n) is 6.50. The molecule has 3 heterocycles. The van der Waals surface area contributed by atoms with E-state index in [9.17, 15) is 9.59 Å². The minimum absolute atomic E-state index is 0.00587. The van der Waals surface area contributed by atoms with Gasteiger partial charge in [-0.3, -0.25) is 19.5 Å². The largest absolute Gasteiger partial charge is 0.343 e. The second kappa shape index (κ2) is 10.5. The van der Waals surface area contributed by atoms with Crippen molar-refractivity contribution in [3.05, 3.63) is 75.3 Å². The number of halogens is 1. The summed E-state index contributed by atoms with van der Waals surface area (Å²) >= 11 is 6.26. The lowest BCUT2D eigenvalue weighted by Gasteiger charge is -2.34. The summed E-state index contributed by atoms with van der Waals surface area (Å²) < 4.78 is 1.77. The molecule has 33 heavy (non-hydrogen) atoms. The van der Waals surface area contributed by atoms with Crippen molar-refractivity contribution >= 4 is 28.4 Å². The molecule has 174 valence electrons. The molecule has 6 nitrogen and oxygen atoms in total. The number of fused-ring (bicyclic) bond motifs is 1. The Morgan fingerprint density at radius 2 is 1.97 bits per heavy atom. The highest BCUT2D eigenvalue weighted by Gasteiger charge is 2.28. The lowest BCUT2D eigenvalue weighted by Crippen LogP contribution is -2.45. The van der Waals surface area contributed by atoms with E-state index in [1.807, 2.05) is 61.2 Å². The van der Waals surface area contributed by atoms with Gasteiger partial charge in [0, 0.05) is 43.0 Å². The molecule has 2 aromatic heterocycles. The molecule has 1 unspecified atom stereocenters. The molecule has 0 saturated carbocycles. The van der Waals surface area contributed by atoms with E-state index in [1.165, 1.54) is 0 Å². The summed E-state index contributed by atoms with van der Waals surface area (Å²) in [6.45, 7) is 8.00. The number of likely N-dealkylation sites (tertiary alicyclic amines) is 1. The minimum Gasteiger partial charge on any atom is -0.343 e. The van der Waals surface area contributed by atoms with Crippen molar-refractivity contribution in [1.29, 1.82) is 0 Å². The van der Waals surface area contributed by atoms with Gasteiger partial charge in [-0.1, -0.05) is 23.7 Å². The van der Waals surface area contributed by atoms with Crippen molar-refractivity contribution in [2.45, 2.75) is 39.8 Å². The van der Waals surface area contributed by atoms with Crippen LogP contribution in [0.1, 0.15) is 37.9 Å². The average molecular weight is 467 g/mol. The number of hydrogen-bond acceptors (Lipinski definition) is 4. The summed E-state index contributed by atoms with van der Waals surface area (Å²) in [7, 11) is 0. The molecular weight excluding hydrogens is 436 g/mol. The number of rotatable bonds is 7. The molecule has 0 aliphatic carbocycles. The number of hydrogen-bond donors (Lipinski definition) is 0. The van der Waals surface area contributed by atoms with E-state index in [0.717, 1.165) is 54.6 Å². The van der Waals surface area contributed by atoms with Crippen LogP contribution in [-0.4, -0.2) is 51.4 Å². The smallest absolute Gasteiger partial charge is 0.255 e. The van der Waals surface area contributed by atoms with Crippen LogP contribution in [0.3, 0.4) is 0 Å². The van der Waals surface area contributed by atoms with Crippen LogP contribution in [0.4, 0.5) is 0 Å². The molecule has 1 saturated heterocycles. The molecule has 0 spiro atoms. The number of nitrogens with zero attached hydrogens (tertiary/aromatic N) is 4. The first-order valence-corrected chi connectivity index (χ1v) is 12.1. The van der Waals surface area contributed by atoms with E-state index in [2.05, 4.69) is 9.88 Å². The molecule has 3 aromatic rings. The topological polar surface area (TPSA) is 58.4 Å². The first-order valence-electron chi connectivity index (χ1n) is 11.7. The zero-order valence-electron chi connectivity index (χ0n) is 19.3.